The maximum absolute atomic E-state index is 12.9. The number of rotatable bonds is 6. The number of amides is 1. The largest absolute Gasteiger partial charge is 0.362 e. The second kappa shape index (κ2) is 9.20. The maximum atomic E-state index is 12.9. The van der Waals surface area contributed by atoms with Gasteiger partial charge in [-0.05, 0) is 55.6 Å². The molecule has 4 rings (SSSR count). The average molecular weight is 441 g/mol. The van der Waals surface area contributed by atoms with Crippen molar-refractivity contribution < 1.29 is 13.2 Å². The second-order valence-electron chi connectivity index (χ2n) is 8.14. The summed E-state index contributed by atoms with van der Waals surface area (Å²) in [6.07, 6.45) is 3.38. The number of carbonyl (C=O) groups excluding carboxylic acids is 1. The fraction of sp³-hybridized carbons (Fsp3) is 0.391. The van der Waals surface area contributed by atoms with Gasteiger partial charge in [-0.25, -0.2) is 0 Å². The number of hydrogen-bond donors (Lipinski definition) is 1. The zero-order chi connectivity index (χ0) is 21.8. The van der Waals surface area contributed by atoms with E-state index in [2.05, 4.69) is 26.7 Å². The third-order valence-electron chi connectivity index (χ3n) is 5.87. The molecular weight excluding hydrogens is 412 g/mol. The van der Waals surface area contributed by atoms with Gasteiger partial charge in [0.05, 0.1) is 10.9 Å². The van der Waals surface area contributed by atoms with Crippen molar-refractivity contribution in [2.75, 3.05) is 25.5 Å². The Morgan fingerprint density at radius 1 is 1.06 bits per heavy atom. The minimum absolute atomic E-state index is 0.0585. The summed E-state index contributed by atoms with van der Waals surface area (Å²) in [7, 11) is -1.90. The summed E-state index contributed by atoms with van der Waals surface area (Å²) in [5, 5.41) is 2.94. The van der Waals surface area contributed by atoms with Gasteiger partial charge in [0.25, 0.3) is 10.0 Å². The van der Waals surface area contributed by atoms with Gasteiger partial charge in [-0.2, -0.15) is 8.42 Å². The Balaban J connectivity index is 1.41. The molecule has 1 atom stereocenters. The van der Waals surface area contributed by atoms with Crippen molar-refractivity contribution in [3.63, 3.8) is 0 Å². The Labute approximate surface area is 183 Å². The molecule has 2 aliphatic heterocycles. The number of likely N-dealkylation sites (tertiary alicyclic amines) is 2. The molecule has 31 heavy (non-hydrogen) atoms. The third-order valence-corrected chi connectivity index (χ3v) is 7.19. The summed E-state index contributed by atoms with van der Waals surface area (Å²) in [6, 6.07) is 16.2. The molecule has 2 fully saturated rings. The van der Waals surface area contributed by atoms with Crippen molar-refractivity contribution in [2.45, 2.75) is 43.2 Å². The van der Waals surface area contributed by atoms with Gasteiger partial charge in [0.2, 0.25) is 5.91 Å². The number of carbonyl (C=O) groups is 1. The molecule has 2 aliphatic rings. The summed E-state index contributed by atoms with van der Waals surface area (Å²) in [5.74, 6) is 0.536. The molecular formula is C23H28N4O3S. The number of amidine groups is 1. The predicted octanol–water partition coefficient (Wildman–Crippen LogP) is 3.10. The van der Waals surface area contributed by atoms with Gasteiger partial charge in [0.15, 0.2) is 0 Å². The van der Waals surface area contributed by atoms with Crippen molar-refractivity contribution in [1.82, 2.24) is 9.80 Å². The molecule has 0 bridgehead atoms. The molecule has 0 saturated carbocycles. The Bertz CT molecular complexity index is 1050. The minimum atomic E-state index is -3.76. The van der Waals surface area contributed by atoms with Gasteiger partial charge < -0.3 is 10.2 Å². The fourth-order valence-corrected chi connectivity index (χ4v) is 5.26. The van der Waals surface area contributed by atoms with E-state index in [1.807, 2.05) is 30.1 Å². The molecule has 8 heteroatoms. The van der Waals surface area contributed by atoms with Crippen LogP contribution >= 0.6 is 0 Å². The smallest absolute Gasteiger partial charge is 0.283 e. The van der Waals surface area contributed by atoms with E-state index < -0.39 is 10.0 Å². The highest BCUT2D eigenvalue weighted by Gasteiger charge is 2.30. The van der Waals surface area contributed by atoms with E-state index in [9.17, 15) is 13.2 Å². The van der Waals surface area contributed by atoms with Crippen LogP contribution in [0.15, 0.2) is 63.9 Å². The van der Waals surface area contributed by atoms with E-state index in [-0.39, 0.29) is 16.8 Å². The van der Waals surface area contributed by atoms with Gasteiger partial charge >= 0.3 is 0 Å². The molecule has 0 spiro atoms. The zero-order valence-electron chi connectivity index (χ0n) is 17.7. The number of sulfonamides is 1. The summed E-state index contributed by atoms with van der Waals surface area (Å²) in [5.41, 5.74) is 1.77. The Morgan fingerprint density at radius 2 is 1.81 bits per heavy atom. The van der Waals surface area contributed by atoms with Crippen LogP contribution in [0.4, 0.5) is 5.69 Å². The standard InChI is InChI=1S/C23H28N4O3S/c1-26-15-6-10-22(26)25-31(29,30)20-13-11-19(12-14-20)24-23(28)21-9-5-16-27(21)17-18-7-3-2-4-8-18/h2-4,7-8,11-14,21H,5-6,9-10,15-17H2,1H3,(H,24,28)/b25-22-. The molecule has 2 heterocycles. The monoisotopic (exact) mass is 440 g/mol. The number of hydrogen-bond acceptors (Lipinski definition) is 4. The number of benzene rings is 2. The highest BCUT2D eigenvalue weighted by Crippen LogP contribution is 2.23. The highest BCUT2D eigenvalue weighted by molar-refractivity contribution is 7.90. The van der Waals surface area contributed by atoms with Gasteiger partial charge in [-0.1, -0.05) is 30.3 Å². The molecule has 1 N–H and O–H groups in total. The first-order valence-corrected chi connectivity index (χ1v) is 12.1. The zero-order valence-corrected chi connectivity index (χ0v) is 18.5. The summed E-state index contributed by atoms with van der Waals surface area (Å²) in [6.45, 7) is 2.45. The van der Waals surface area contributed by atoms with Crippen LogP contribution in [0.5, 0.6) is 0 Å². The quantitative estimate of drug-likeness (QED) is 0.746. The lowest BCUT2D eigenvalue weighted by molar-refractivity contribution is -0.120. The summed E-state index contributed by atoms with van der Waals surface area (Å²) < 4.78 is 29.2. The lowest BCUT2D eigenvalue weighted by Crippen LogP contribution is -2.39. The molecule has 0 aromatic heterocycles. The van der Waals surface area contributed by atoms with Crippen LogP contribution in [0.25, 0.3) is 0 Å². The Kier molecular flexibility index (Phi) is 6.38. The predicted molar refractivity (Wildman–Crippen MR) is 121 cm³/mol. The molecule has 0 aliphatic carbocycles. The topological polar surface area (TPSA) is 82.1 Å². The molecule has 2 aromatic carbocycles. The van der Waals surface area contributed by atoms with Crippen molar-refractivity contribution in [2.24, 2.45) is 4.40 Å². The van der Waals surface area contributed by atoms with Gasteiger partial charge in [-0.3, -0.25) is 9.69 Å². The van der Waals surface area contributed by atoms with Gasteiger partial charge in [-0.15, -0.1) is 4.40 Å². The lowest BCUT2D eigenvalue weighted by Gasteiger charge is -2.23. The second-order valence-corrected chi connectivity index (χ2v) is 9.74. The first-order valence-electron chi connectivity index (χ1n) is 10.7. The molecule has 164 valence electrons. The normalized spacial score (nSPS) is 21.0. The highest BCUT2D eigenvalue weighted by atomic mass is 32.2. The van der Waals surface area contributed by atoms with Crippen LogP contribution in [-0.2, 0) is 21.4 Å². The number of anilines is 1. The molecule has 0 radical (unpaired) electrons. The molecule has 2 saturated heterocycles. The number of nitrogens with zero attached hydrogens (tertiary/aromatic N) is 3. The summed E-state index contributed by atoms with van der Waals surface area (Å²) in [4.78, 5) is 17.1. The summed E-state index contributed by atoms with van der Waals surface area (Å²) >= 11 is 0. The van der Waals surface area contributed by atoms with Crippen LogP contribution in [0.3, 0.4) is 0 Å². The van der Waals surface area contributed by atoms with Crippen LogP contribution in [0.1, 0.15) is 31.2 Å². The van der Waals surface area contributed by atoms with Gasteiger partial charge in [0.1, 0.15) is 5.84 Å². The van der Waals surface area contributed by atoms with E-state index in [1.165, 1.54) is 17.7 Å². The number of nitrogens with one attached hydrogen (secondary N) is 1. The van der Waals surface area contributed by atoms with E-state index in [4.69, 9.17) is 0 Å². The molecule has 1 amide bonds. The maximum Gasteiger partial charge on any atom is 0.283 e. The fourth-order valence-electron chi connectivity index (χ4n) is 4.17. The van der Waals surface area contributed by atoms with E-state index >= 15 is 0 Å². The molecule has 2 aromatic rings. The minimum Gasteiger partial charge on any atom is -0.362 e. The van der Waals surface area contributed by atoms with Gasteiger partial charge in [0, 0.05) is 32.2 Å². The first kappa shape index (κ1) is 21.5. The Morgan fingerprint density at radius 3 is 2.48 bits per heavy atom. The average Bonchev–Trinajstić information content (AvgIpc) is 3.38. The van der Waals surface area contributed by atoms with E-state index in [1.54, 1.807) is 12.1 Å². The van der Waals surface area contributed by atoms with E-state index in [0.29, 0.717) is 17.9 Å². The van der Waals surface area contributed by atoms with Crippen molar-refractivity contribution in [3.05, 3.63) is 60.2 Å². The van der Waals surface area contributed by atoms with Crippen LogP contribution in [0, 0.1) is 0 Å². The first-order chi connectivity index (χ1) is 14.9. The van der Waals surface area contributed by atoms with Crippen molar-refractivity contribution in [1.29, 1.82) is 0 Å². The third kappa shape index (κ3) is 5.14. The van der Waals surface area contributed by atoms with Crippen molar-refractivity contribution >= 4 is 27.5 Å². The van der Waals surface area contributed by atoms with Crippen molar-refractivity contribution in [3.8, 4) is 0 Å². The van der Waals surface area contributed by atoms with Crippen LogP contribution in [-0.4, -0.2) is 56.1 Å². The Hall–Kier alpha value is -2.71. The molecule has 7 nitrogen and oxygen atoms in total. The van der Waals surface area contributed by atoms with Crippen LogP contribution in [0.2, 0.25) is 0 Å². The molecule has 1 unspecified atom stereocenters. The SMILES string of the molecule is CN1CCC/C1=N/S(=O)(=O)c1ccc(NC(=O)C2CCCN2Cc2ccccc2)cc1. The van der Waals surface area contributed by atoms with E-state index in [0.717, 1.165) is 38.9 Å². The lowest BCUT2D eigenvalue weighted by atomic mass is 10.1. The van der Waals surface area contributed by atoms with Crippen LogP contribution < -0.4 is 5.32 Å².